The first-order valence-corrected chi connectivity index (χ1v) is 7.17. The van der Waals surface area contributed by atoms with Gasteiger partial charge in [-0.15, -0.1) is 0 Å². The number of aromatic nitrogens is 2. The summed E-state index contributed by atoms with van der Waals surface area (Å²) in [5.74, 6) is 2.14. The molecule has 2 rings (SSSR count). The lowest BCUT2D eigenvalue weighted by Gasteiger charge is -2.24. The fourth-order valence-corrected chi connectivity index (χ4v) is 2.53. The van der Waals surface area contributed by atoms with Gasteiger partial charge in [-0.05, 0) is 26.7 Å². The summed E-state index contributed by atoms with van der Waals surface area (Å²) in [5.41, 5.74) is 0. The Balaban J connectivity index is 2.14. The van der Waals surface area contributed by atoms with Gasteiger partial charge in [-0.1, -0.05) is 12.8 Å². The van der Waals surface area contributed by atoms with E-state index in [0.29, 0.717) is 0 Å². The molecule has 0 atom stereocenters. The molecule has 4 nitrogen and oxygen atoms in total. The van der Waals surface area contributed by atoms with Gasteiger partial charge in [0.25, 0.3) is 0 Å². The highest BCUT2D eigenvalue weighted by Gasteiger charge is 2.13. The normalized spacial score (nSPS) is 16.4. The van der Waals surface area contributed by atoms with Crippen LogP contribution in [0.4, 0.5) is 11.6 Å². The summed E-state index contributed by atoms with van der Waals surface area (Å²) >= 11 is 0. The van der Waals surface area contributed by atoms with Crippen LogP contribution < -0.4 is 9.80 Å². The Hall–Kier alpha value is -1.32. The van der Waals surface area contributed by atoms with Crippen molar-refractivity contribution < 1.29 is 0 Å². The van der Waals surface area contributed by atoms with Gasteiger partial charge in [0.15, 0.2) is 0 Å². The van der Waals surface area contributed by atoms with Crippen LogP contribution >= 0.6 is 0 Å². The van der Waals surface area contributed by atoms with Crippen molar-refractivity contribution in [3.05, 3.63) is 12.4 Å². The zero-order valence-electron chi connectivity index (χ0n) is 11.6. The highest BCUT2D eigenvalue weighted by molar-refractivity contribution is 5.50. The summed E-state index contributed by atoms with van der Waals surface area (Å²) in [4.78, 5) is 13.5. The van der Waals surface area contributed by atoms with Gasteiger partial charge in [-0.2, -0.15) is 0 Å². The second kappa shape index (κ2) is 6.57. The molecule has 0 aromatic carbocycles. The fraction of sp³-hybridized carbons (Fsp3) is 0.714. The third-order valence-corrected chi connectivity index (χ3v) is 3.66. The first-order chi connectivity index (χ1) is 8.85. The van der Waals surface area contributed by atoms with Crippen molar-refractivity contribution in [1.82, 2.24) is 9.97 Å². The highest BCUT2D eigenvalue weighted by Crippen LogP contribution is 2.20. The van der Waals surface area contributed by atoms with Crippen molar-refractivity contribution in [2.45, 2.75) is 39.5 Å². The summed E-state index contributed by atoms with van der Waals surface area (Å²) < 4.78 is 0. The standard InChI is InChI=1S/C14H24N4/c1-3-17(4-2)13-11-14(16-12-15-13)18-9-7-5-6-8-10-18/h11-12H,3-10H2,1-2H3. The SMILES string of the molecule is CCN(CC)c1cc(N2CCCCCC2)ncn1. The van der Waals surface area contributed by atoms with E-state index >= 15 is 0 Å². The zero-order chi connectivity index (χ0) is 12.8. The molecule has 0 N–H and O–H groups in total. The van der Waals surface area contributed by atoms with Crippen molar-refractivity contribution in [2.75, 3.05) is 36.0 Å². The predicted octanol–water partition coefficient (Wildman–Crippen LogP) is 2.70. The molecule has 0 saturated carbocycles. The van der Waals surface area contributed by atoms with Gasteiger partial charge in [-0.3, -0.25) is 0 Å². The second-order valence-electron chi connectivity index (χ2n) is 4.81. The van der Waals surface area contributed by atoms with Crippen molar-refractivity contribution in [1.29, 1.82) is 0 Å². The number of anilines is 2. The largest absolute Gasteiger partial charge is 0.357 e. The average Bonchev–Trinajstić information content (AvgIpc) is 2.69. The van der Waals surface area contributed by atoms with Gasteiger partial charge < -0.3 is 9.80 Å². The molecule has 4 heteroatoms. The van der Waals surface area contributed by atoms with Crippen LogP contribution in [0.25, 0.3) is 0 Å². The number of hydrogen-bond donors (Lipinski definition) is 0. The summed E-state index contributed by atoms with van der Waals surface area (Å²) in [6.07, 6.45) is 6.97. The maximum atomic E-state index is 4.44. The van der Waals surface area contributed by atoms with Crippen LogP contribution in [-0.2, 0) is 0 Å². The Kier molecular flexibility index (Phi) is 4.79. The molecule has 1 saturated heterocycles. The number of rotatable bonds is 4. The van der Waals surface area contributed by atoms with Gasteiger partial charge in [0.2, 0.25) is 0 Å². The quantitative estimate of drug-likeness (QED) is 0.820. The summed E-state index contributed by atoms with van der Waals surface area (Å²) in [7, 11) is 0. The minimum atomic E-state index is 0.993. The zero-order valence-corrected chi connectivity index (χ0v) is 11.6. The van der Waals surface area contributed by atoms with Crippen molar-refractivity contribution in [2.24, 2.45) is 0 Å². The van der Waals surface area contributed by atoms with Gasteiger partial charge >= 0.3 is 0 Å². The van der Waals surface area contributed by atoms with Crippen molar-refractivity contribution >= 4 is 11.6 Å². The third-order valence-electron chi connectivity index (χ3n) is 3.66. The Labute approximate surface area is 110 Å². The van der Waals surface area contributed by atoms with Crippen LogP contribution in [0.2, 0.25) is 0 Å². The molecule has 100 valence electrons. The monoisotopic (exact) mass is 248 g/mol. The number of hydrogen-bond acceptors (Lipinski definition) is 4. The Morgan fingerprint density at radius 3 is 2.33 bits per heavy atom. The van der Waals surface area contributed by atoms with Crippen LogP contribution in [-0.4, -0.2) is 36.1 Å². The van der Waals surface area contributed by atoms with Gasteiger partial charge in [0.1, 0.15) is 18.0 Å². The Morgan fingerprint density at radius 1 is 1.06 bits per heavy atom. The second-order valence-corrected chi connectivity index (χ2v) is 4.81. The summed E-state index contributed by atoms with van der Waals surface area (Å²) in [6, 6.07) is 2.14. The molecule has 18 heavy (non-hydrogen) atoms. The lowest BCUT2D eigenvalue weighted by molar-refractivity contribution is 0.726. The lowest BCUT2D eigenvalue weighted by atomic mass is 10.2. The molecule has 1 aliphatic rings. The van der Waals surface area contributed by atoms with E-state index in [1.54, 1.807) is 6.33 Å². The smallest absolute Gasteiger partial charge is 0.134 e. The number of nitrogens with zero attached hydrogens (tertiary/aromatic N) is 4. The molecule has 0 aliphatic carbocycles. The molecule has 1 aliphatic heterocycles. The van der Waals surface area contributed by atoms with E-state index < -0.39 is 0 Å². The van der Waals surface area contributed by atoms with Crippen molar-refractivity contribution in [3.63, 3.8) is 0 Å². The minimum absolute atomic E-state index is 0.993. The van der Waals surface area contributed by atoms with E-state index in [1.807, 2.05) is 0 Å². The van der Waals surface area contributed by atoms with E-state index in [-0.39, 0.29) is 0 Å². The molecular formula is C14H24N4. The highest BCUT2D eigenvalue weighted by atomic mass is 15.2. The molecular weight excluding hydrogens is 224 g/mol. The molecule has 1 aromatic rings. The lowest BCUT2D eigenvalue weighted by Crippen LogP contribution is -2.27. The molecule has 0 spiro atoms. The molecule has 1 aromatic heterocycles. The fourth-order valence-electron chi connectivity index (χ4n) is 2.53. The van der Waals surface area contributed by atoms with E-state index in [1.165, 1.54) is 25.7 Å². The van der Waals surface area contributed by atoms with E-state index in [0.717, 1.165) is 37.8 Å². The van der Waals surface area contributed by atoms with Gasteiger partial charge in [0, 0.05) is 32.2 Å². The third kappa shape index (κ3) is 3.12. The Morgan fingerprint density at radius 2 is 1.72 bits per heavy atom. The molecule has 1 fully saturated rings. The molecule has 0 unspecified atom stereocenters. The first kappa shape index (κ1) is 13.1. The summed E-state index contributed by atoms with van der Waals surface area (Å²) in [5, 5.41) is 0. The van der Waals surface area contributed by atoms with Gasteiger partial charge in [-0.25, -0.2) is 9.97 Å². The Bertz CT molecular complexity index is 355. The summed E-state index contributed by atoms with van der Waals surface area (Å²) in [6.45, 7) is 8.58. The maximum Gasteiger partial charge on any atom is 0.134 e. The van der Waals surface area contributed by atoms with Crippen LogP contribution in [0.3, 0.4) is 0 Å². The van der Waals surface area contributed by atoms with Gasteiger partial charge in [0.05, 0.1) is 0 Å². The average molecular weight is 248 g/mol. The topological polar surface area (TPSA) is 32.3 Å². The molecule has 0 amide bonds. The van der Waals surface area contributed by atoms with Crippen LogP contribution in [0.5, 0.6) is 0 Å². The van der Waals surface area contributed by atoms with Crippen molar-refractivity contribution in [3.8, 4) is 0 Å². The molecule has 0 radical (unpaired) electrons. The van der Waals surface area contributed by atoms with E-state index in [2.05, 4.69) is 39.7 Å². The first-order valence-electron chi connectivity index (χ1n) is 7.17. The molecule has 2 heterocycles. The maximum absolute atomic E-state index is 4.44. The van der Waals surface area contributed by atoms with E-state index in [9.17, 15) is 0 Å². The van der Waals surface area contributed by atoms with E-state index in [4.69, 9.17) is 0 Å². The van der Waals surface area contributed by atoms with Crippen LogP contribution in [0.1, 0.15) is 39.5 Å². The minimum Gasteiger partial charge on any atom is -0.357 e. The predicted molar refractivity (Wildman–Crippen MR) is 76.3 cm³/mol. The van der Waals surface area contributed by atoms with Crippen LogP contribution in [0.15, 0.2) is 12.4 Å². The van der Waals surface area contributed by atoms with Crippen LogP contribution in [0, 0.1) is 0 Å². The molecule has 0 bridgehead atoms.